The third-order valence-corrected chi connectivity index (χ3v) is 6.36. The minimum absolute atomic E-state index is 0.0664. The lowest BCUT2D eigenvalue weighted by molar-refractivity contribution is 0.0601. The highest BCUT2D eigenvalue weighted by Gasteiger charge is 2.29. The van der Waals surface area contributed by atoms with Crippen molar-refractivity contribution in [3.63, 3.8) is 0 Å². The van der Waals surface area contributed by atoms with Gasteiger partial charge in [0.2, 0.25) is 0 Å². The Morgan fingerprint density at radius 1 is 1.26 bits per heavy atom. The number of sulfonamides is 1. The Balaban J connectivity index is 2.00. The van der Waals surface area contributed by atoms with Gasteiger partial charge in [-0.3, -0.25) is 4.72 Å². The summed E-state index contributed by atoms with van der Waals surface area (Å²) in [7, 11) is -2.63. The minimum atomic E-state index is -3.90. The molecule has 0 spiro atoms. The van der Waals surface area contributed by atoms with Crippen molar-refractivity contribution in [2.24, 2.45) is 0 Å². The summed E-state index contributed by atoms with van der Waals surface area (Å²) in [6, 6.07) is 4.50. The van der Waals surface area contributed by atoms with Crippen LogP contribution in [0.25, 0.3) is 0 Å². The Hall–Kier alpha value is -1.93. The molecule has 122 valence electrons. The molecule has 8 heteroatoms. The molecule has 3 rings (SSSR count). The van der Waals surface area contributed by atoms with Crippen LogP contribution in [-0.2, 0) is 27.6 Å². The number of hydrogen-bond acceptors (Lipinski definition) is 5. The topological polar surface area (TPSA) is 72.5 Å². The normalized spacial score (nSPS) is 13.7. The SMILES string of the molecule is COC(=O)c1c(NS(=O)(=O)c2ccc(F)cc2)sc2c1CCC2. The first-order valence-electron chi connectivity index (χ1n) is 6.93. The largest absolute Gasteiger partial charge is 0.465 e. The van der Waals surface area contributed by atoms with Crippen molar-refractivity contribution in [2.45, 2.75) is 24.2 Å². The number of anilines is 1. The number of carbonyl (C=O) groups excluding carboxylic acids is 1. The standard InChI is InChI=1S/C15H14FNO4S2/c1-21-15(18)13-11-3-2-4-12(11)22-14(13)17-23(19,20)10-7-5-9(16)6-8-10/h5-8,17H,2-4H2,1H3. The van der Waals surface area contributed by atoms with Crippen molar-refractivity contribution < 1.29 is 22.3 Å². The average molecular weight is 355 g/mol. The summed E-state index contributed by atoms with van der Waals surface area (Å²) < 4.78 is 45.0. The van der Waals surface area contributed by atoms with E-state index in [1.54, 1.807) is 0 Å². The Morgan fingerprint density at radius 3 is 2.61 bits per heavy atom. The number of thiophene rings is 1. The fourth-order valence-corrected chi connectivity index (χ4v) is 5.17. The van der Waals surface area contributed by atoms with Gasteiger partial charge >= 0.3 is 5.97 Å². The minimum Gasteiger partial charge on any atom is -0.465 e. The number of methoxy groups -OCH3 is 1. The van der Waals surface area contributed by atoms with Crippen molar-refractivity contribution in [1.29, 1.82) is 0 Å². The van der Waals surface area contributed by atoms with E-state index in [0.29, 0.717) is 0 Å². The van der Waals surface area contributed by atoms with Gasteiger partial charge in [-0.15, -0.1) is 11.3 Å². The van der Waals surface area contributed by atoms with Gasteiger partial charge in [-0.2, -0.15) is 0 Å². The van der Waals surface area contributed by atoms with E-state index in [1.807, 2.05) is 0 Å². The number of carbonyl (C=O) groups is 1. The van der Waals surface area contributed by atoms with Crippen LogP contribution < -0.4 is 4.72 Å². The maximum Gasteiger partial charge on any atom is 0.341 e. The van der Waals surface area contributed by atoms with Gasteiger partial charge in [0.25, 0.3) is 10.0 Å². The predicted octanol–water partition coefficient (Wildman–Crippen LogP) is 2.96. The Morgan fingerprint density at radius 2 is 1.96 bits per heavy atom. The summed E-state index contributed by atoms with van der Waals surface area (Å²) in [4.78, 5) is 13.0. The van der Waals surface area contributed by atoms with E-state index in [4.69, 9.17) is 4.74 Å². The van der Waals surface area contributed by atoms with Gasteiger partial charge in [-0.25, -0.2) is 17.6 Å². The van der Waals surface area contributed by atoms with Gasteiger partial charge in [0, 0.05) is 4.88 Å². The lowest BCUT2D eigenvalue weighted by atomic mass is 10.1. The van der Waals surface area contributed by atoms with Crippen LogP contribution in [0.15, 0.2) is 29.2 Å². The number of aryl methyl sites for hydroxylation is 1. The summed E-state index contributed by atoms with van der Waals surface area (Å²) >= 11 is 1.25. The molecule has 23 heavy (non-hydrogen) atoms. The van der Waals surface area contributed by atoms with Gasteiger partial charge in [-0.1, -0.05) is 0 Å². The third kappa shape index (κ3) is 2.96. The van der Waals surface area contributed by atoms with E-state index < -0.39 is 21.8 Å². The van der Waals surface area contributed by atoms with Crippen LogP contribution in [0.5, 0.6) is 0 Å². The van der Waals surface area contributed by atoms with E-state index in [2.05, 4.69) is 4.72 Å². The monoisotopic (exact) mass is 355 g/mol. The second kappa shape index (κ2) is 5.93. The quantitative estimate of drug-likeness (QED) is 0.856. The maximum atomic E-state index is 13.0. The number of ether oxygens (including phenoxy) is 1. The van der Waals surface area contributed by atoms with Gasteiger partial charge in [0.15, 0.2) is 0 Å². The number of fused-ring (bicyclic) bond motifs is 1. The van der Waals surface area contributed by atoms with E-state index in [1.165, 1.54) is 30.6 Å². The molecule has 0 radical (unpaired) electrons. The van der Waals surface area contributed by atoms with Crippen LogP contribution in [0.3, 0.4) is 0 Å². The fraction of sp³-hybridized carbons (Fsp3) is 0.267. The van der Waals surface area contributed by atoms with Gasteiger partial charge < -0.3 is 4.74 Å². The fourth-order valence-electron chi connectivity index (χ4n) is 2.59. The molecule has 1 heterocycles. The van der Waals surface area contributed by atoms with E-state index in [-0.39, 0.29) is 15.5 Å². The van der Waals surface area contributed by atoms with Gasteiger partial charge in [0.1, 0.15) is 10.8 Å². The number of rotatable bonds is 4. The van der Waals surface area contributed by atoms with Gasteiger partial charge in [0.05, 0.1) is 17.6 Å². The number of esters is 1. The molecule has 1 N–H and O–H groups in total. The Kier molecular flexibility index (Phi) is 4.11. The van der Waals surface area contributed by atoms with E-state index >= 15 is 0 Å². The summed E-state index contributed by atoms with van der Waals surface area (Å²) in [5, 5.41) is 0.255. The highest BCUT2D eigenvalue weighted by molar-refractivity contribution is 7.93. The first-order chi connectivity index (χ1) is 10.9. The molecule has 0 fully saturated rings. The van der Waals surface area contributed by atoms with Crippen LogP contribution in [0.1, 0.15) is 27.2 Å². The summed E-state index contributed by atoms with van der Waals surface area (Å²) in [5.41, 5.74) is 1.15. The second-order valence-corrected chi connectivity index (χ2v) is 7.90. The van der Waals surface area contributed by atoms with Crippen LogP contribution in [0, 0.1) is 5.82 Å². The zero-order valence-corrected chi connectivity index (χ0v) is 13.9. The maximum absolute atomic E-state index is 13.0. The number of hydrogen-bond donors (Lipinski definition) is 1. The molecular formula is C15H14FNO4S2. The number of halogens is 1. The molecule has 2 aromatic rings. The third-order valence-electron chi connectivity index (χ3n) is 3.66. The molecule has 1 aromatic carbocycles. The second-order valence-electron chi connectivity index (χ2n) is 5.11. The molecular weight excluding hydrogens is 341 g/mol. The van der Waals surface area contributed by atoms with Crippen molar-refractivity contribution in [3.8, 4) is 0 Å². The molecule has 5 nitrogen and oxygen atoms in total. The van der Waals surface area contributed by atoms with E-state index in [9.17, 15) is 17.6 Å². The molecule has 0 saturated heterocycles. The average Bonchev–Trinajstić information content (AvgIpc) is 3.07. The van der Waals surface area contributed by atoms with Crippen molar-refractivity contribution >= 4 is 32.3 Å². The lowest BCUT2D eigenvalue weighted by Gasteiger charge is -2.09. The highest BCUT2D eigenvalue weighted by atomic mass is 32.2. The zero-order chi connectivity index (χ0) is 16.6. The molecule has 1 aliphatic carbocycles. The smallest absolute Gasteiger partial charge is 0.341 e. The summed E-state index contributed by atoms with van der Waals surface area (Å²) in [6.07, 6.45) is 2.49. The van der Waals surface area contributed by atoms with Gasteiger partial charge in [-0.05, 0) is 49.1 Å². The highest BCUT2D eigenvalue weighted by Crippen LogP contribution is 2.40. The molecule has 1 aliphatic rings. The number of benzene rings is 1. The van der Waals surface area contributed by atoms with Crippen LogP contribution in [0.2, 0.25) is 0 Å². The Bertz CT molecular complexity index is 856. The number of nitrogens with one attached hydrogen (secondary N) is 1. The molecule has 0 saturated carbocycles. The molecule has 0 aliphatic heterocycles. The van der Waals surface area contributed by atoms with Crippen molar-refractivity contribution in [1.82, 2.24) is 0 Å². The molecule has 0 unspecified atom stereocenters. The first-order valence-corrected chi connectivity index (χ1v) is 9.23. The van der Waals surface area contributed by atoms with Crippen molar-refractivity contribution in [3.05, 3.63) is 46.1 Å². The van der Waals surface area contributed by atoms with E-state index in [0.717, 1.165) is 41.8 Å². The Labute approximate surface area is 137 Å². The zero-order valence-electron chi connectivity index (χ0n) is 12.3. The van der Waals surface area contributed by atoms with Crippen molar-refractivity contribution in [2.75, 3.05) is 11.8 Å². The lowest BCUT2D eigenvalue weighted by Crippen LogP contribution is -2.15. The molecule has 1 aromatic heterocycles. The predicted molar refractivity (Wildman–Crippen MR) is 84.9 cm³/mol. The van der Waals surface area contributed by atoms with Crippen LogP contribution in [0.4, 0.5) is 9.39 Å². The van der Waals surface area contributed by atoms with Crippen LogP contribution >= 0.6 is 11.3 Å². The molecule has 0 atom stereocenters. The first kappa shape index (κ1) is 15.9. The molecule has 0 amide bonds. The summed E-state index contributed by atoms with van der Waals surface area (Å²) in [6.45, 7) is 0. The van der Waals surface area contributed by atoms with Crippen LogP contribution in [-0.4, -0.2) is 21.5 Å². The molecule has 0 bridgehead atoms. The summed E-state index contributed by atoms with van der Waals surface area (Å²) in [5.74, 6) is -1.07.